The number of nitrogens with zero attached hydrogens (tertiary/aromatic N) is 3. The van der Waals surface area contributed by atoms with Crippen molar-refractivity contribution >= 4 is 11.8 Å². The topological polar surface area (TPSA) is 67.9 Å². The minimum absolute atomic E-state index is 0.0253. The van der Waals surface area contributed by atoms with Gasteiger partial charge >= 0.3 is 0 Å². The van der Waals surface area contributed by atoms with Crippen molar-refractivity contribution in [3.63, 3.8) is 0 Å². The van der Waals surface area contributed by atoms with Gasteiger partial charge in [0.2, 0.25) is 11.8 Å². The normalized spacial score (nSPS) is 22.6. The largest absolute Gasteiger partial charge is 0.344 e. The zero-order valence-electron chi connectivity index (χ0n) is 25.2. The van der Waals surface area contributed by atoms with Crippen molar-refractivity contribution in [1.82, 2.24) is 25.3 Å². The first-order valence-corrected chi connectivity index (χ1v) is 15.7. The molecule has 0 saturated carbocycles. The zero-order chi connectivity index (χ0) is 28.8. The van der Waals surface area contributed by atoms with Crippen molar-refractivity contribution in [2.75, 3.05) is 46.3 Å². The first-order chi connectivity index (χ1) is 19.9. The Morgan fingerprint density at radius 1 is 0.976 bits per heavy atom. The molecular weight excluding hydrogens is 510 g/mol. The molecule has 5 rings (SSSR count). The van der Waals surface area contributed by atoms with Crippen LogP contribution in [0.3, 0.4) is 0 Å². The van der Waals surface area contributed by atoms with E-state index in [4.69, 9.17) is 0 Å². The molecule has 222 valence electrons. The van der Waals surface area contributed by atoms with E-state index in [9.17, 15) is 9.59 Å². The first kappa shape index (κ1) is 29.7. The monoisotopic (exact) mass is 559 g/mol. The highest BCUT2D eigenvalue weighted by Crippen LogP contribution is 2.27. The lowest BCUT2D eigenvalue weighted by atomic mass is 9.92. The van der Waals surface area contributed by atoms with Gasteiger partial charge in [-0.15, -0.1) is 0 Å². The van der Waals surface area contributed by atoms with Crippen molar-refractivity contribution < 1.29 is 9.59 Å². The molecule has 2 N–H and O–H groups in total. The van der Waals surface area contributed by atoms with Crippen molar-refractivity contribution in [3.05, 3.63) is 71.3 Å². The molecule has 2 fully saturated rings. The summed E-state index contributed by atoms with van der Waals surface area (Å²) in [6.45, 7) is 10.3. The molecule has 3 unspecified atom stereocenters. The molecule has 2 aromatic carbocycles. The summed E-state index contributed by atoms with van der Waals surface area (Å²) in [5.74, 6) is 0.564. The second-order valence-electron chi connectivity index (χ2n) is 12.8. The van der Waals surface area contributed by atoms with Gasteiger partial charge < -0.3 is 20.4 Å². The van der Waals surface area contributed by atoms with E-state index >= 15 is 0 Å². The number of rotatable bonds is 10. The highest BCUT2D eigenvalue weighted by Gasteiger charge is 2.37. The van der Waals surface area contributed by atoms with Crippen LogP contribution >= 0.6 is 0 Å². The summed E-state index contributed by atoms with van der Waals surface area (Å²) >= 11 is 0. The van der Waals surface area contributed by atoms with E-state index < -0.39 is 6.04 Å². The van der Waals surface area contributed by atoms with Crippen molar-refractivity contribution in [2.45, 2.75) is 76.5 Å². The minimum atomic E-state index is -0.565. The lowest BCUT2D eigenvalue weighted by Crippen LogP contribution is -2.52. The Morgan fingerprint density at radius 3 is 2.44 bits per heavy atom. The Kier molecular flexibility index (Phi) is 10.1. The third-order valence-corrected chi connectivity index (χ3v) is 9.20. The molecule has 0 spiro atoms. The maximum atomic E-state index is 14.1. The van der Waals surface area contributed by atoms with Gasteiger partial charge in [-0.25, -0.2) is 0 Å². The van der Waals surface area contributed by atoms with Gasteiger partial charge in [-0.05, 0) is 75.0 Å². The Hall–Kier alpha value is -2.74. The Bertz CT molecular complexity index is 1150. The SMILES string of the molecule is CC(C)CN(C1CCN(C)CC1)C1CCN(C(=O)C(Cc2ccccc2)NC(=O)CC2NCCc3ccccc32)C1. The smallest absolute Gasteiger partial charge is 0.245 e. The number of fused-ring (bicyclic) bond motifs is 1. The first-order valence-electron chi connectivity index (χ1n) is 15.7. The van der Waals surface area contributed by atoms with Crippen molar-refractivity contribution in [3.8, 4) is 0 Å². The summed E-state index contributed by atoms with van der Waals surface area (Å²) in [6.07, 6.45) is 5.20. The fourth-order valence-corrected chi connectivity index (χ4v) is 7.04. The molecule has 2 saturated heterocycles. The van der Waals surface area contributed by atoms with E-state index in [-0.39, 0.29) is 17.9 Å². The molecule has 3 heterocycles. The maximum Gasteiger partial charge on any atom is 0.245 e. The van der Waals surface area contributed by atoms with E-state index in [0.717, 1.165) is 57.7 Å². The summed E-state index contributed by atoms with van der Waals surface area (Å²) < 4.78 is 0. The molecule has 3 atom stereocenters. The molecule has 3 aliphatic rings. The van der Waals surface area contributed by atoms with E-state index in [1.54, 1.807) is 0 Å². The van der Waals surface area contributed by atoms with Gasteiger partial charge in [0, 0.05) is 50.6 Å². The van der Waals surface area contributed by atoms with Crippen LogP contribution in [0, 0.1) is 5.92 Å². The molecular formula is C34H49N5O2. The molecule has 41 heavy (non-hydrogen) atoms. The highest BCUT2D eigenvalue weighted by molar-refractivity contribution is 5.88. The van der Waals surface area contributed by atoms with Crippen LogP contribution in [-0.2, 0) is 22.4 Å². The van der Waals surface area contributed by atoms with Gasteiger partial charge in [0.15, 0.2) is 0 Å². The predicted octanol–water partition coefficient (Wildman–Crippen LogP) is 3.64. The van der Waals surface area contributed by atoms with Gasteiger partial charge in [-0.1, -0.05) is 68.4 Å². The fraction of sp³-hybridized carbons (Fsp3) is 0.588. The van der Waals surface area contributed by atoms with Crippen LogP contribution in [0.1, 0.15) is 62.3 Å². The number of amides is 2. The van der Waals surface area contributed by atoms with Crippen LogP contribution in [0.15, 0.2) is 54.6 Å². The van der Waals surface area contributed by atoms with Crippen LogP contribution in [0.2, 0.25) is 0 Å². The molecule has 0 aliphatic carbocycles. The van der Waals surface area contributed by atoms with E-state index in [1.807, 2.05) is 41.3 Å². The van der Waals surface area contributed by atoms with E-state index in [2.05, 4.69) is 59.5 Å². The number of nitrogens with one attached hydrogen (secondary N) is 2. The number of carbonyl (C=O) groups is 2. The fourth-order valence-electron chi connectivity index (χ4n) is 7.04. The molecule has 7 nitrogen and oxygen atoms in total. The average Bonchev–Trinajstić information content (AvgIpc) is 3.46. The Morgan fingerprint density at radius 2 is 1.68 bits per heavy atom. The summed E-state index contributed by atoms with van der Waals surface area (Å²) in [5, 5.41) is 6.69. The predicted molar refractivity (Wildman–Crippen MR) is 165 cm³/mol. The quantitative estimate of drug-likeness (QED) is 0.465. The van der Waals surface area contributed by atoms with Crippen LogP contribution in [-0.4, -0.2) is 91.0 Å². The van der Waals surface area contributed by atoms with Crippen LogP contribution in [0.25, 0.3) is 0 Å². The molecule has 2 aromatic rings. The number of hydrogen-bond acceptors (Lipinski definition) is 5. The third-order valence-electron chi connectivity index (χ3n) is 9.20. The molecule has 0 aromatic heterocycles. The molecule has 0 radical (unpaired) electrons. The van der Waals surface area contributed by atoms with Crippen LogP contribution < -0.4 is 10.6 Å². The van der Waals surface area contributed by atoms with E-state index in [0.29, 0.717) is 30.8 Å². The van der Waals surface area contributed by atoms with Gasteiger partial charge in [0.25, 0.3) is 0 Å². The number of likely N-dealkylation sites (tertiary alicyclic amines) is 2. The number of piperidine rings is 1. The lowest BCUT2D eigenvalue weighted by Gasteiger charge is -2.41. The Balaban J connectivity index is 1.27. The molecule has 7 heteroatoms. The van der Waals surface area contributed by atoms with Gasteiger partial charge in [-0.2, -0.15) is 0 Å². The lowest BCUT2D eigenvalue weighted by molar-refractivity contribution is -0.136. The van der Waals surface area contributed by atoms with Crippen LogP contribution in [0.5, 0.6) is 0 Å². The standard InChI is InChI=1S/C34H49N5O2/c1-25(2)23-39(28-14-18-37(3)19-15-28)29-16-20-38(24-29)34(41)32(21-26-9-5-4-6-10-26)36-33(40)22-31-30-12-8-7-11-27(30)13-17-35-31/h4-12,25,28-29,31-32,35H,13-24H2,1-3H3,(H,36,40). The third kappa shape index (κ3) is 7.76. The summed E-state index contributed by atoms with van der Waals surface area (Å²) in [4.78, 5) is 34.6. The second-order valence-corrected chi connectivity index (χ2v) is 12.8. The minimum Gasteiger partial charge on any atom is -0.344 e. The van der Waals surface area contributed by atoms with Crippen molar-refractivity contribution in [2.24, 2.45) is 5.92 Å². The summed E-state index contributed by atoms with van der Waals surface area (Å²) in [7, 11) is 2.21. The van der Waals surface area contributed by atoms with Gasteiger partial charge in [0.05, 0.1) is 0 Å². The van der Waals surface area contributed by atoms with Crippen molar-refractivity contribution in [1.29, 1.82) is 0 Å². The van der Waals surface area contributed by atoms with Crippen LogP contribution in [0.4, 0.5) is 0 Å². The highest BCUT2D eigenvalue weighted by atomic mass is 16.2. The zero-order valence-corrected chi connectivity index (χ0v) is 25.2. The summed E-state index contributed by atoms with van der Waals surface area (Å²) in [5.41, 5.74) is 3.57. The number of carbonyl (C=O) groups excluding carboxylic acids is 2. The Labute approximate surface area is 246 Å². The maximum absolute atomic E-state index is 14.1. The number of hydrogen-bond donors (Lipinski definition) is 2. The summed E-state index contributed by atoms with van der Waals surface area (Å²) in [6, 6.07) is 18.8. The van der Waals surface area contributed by atoms with E-state index in [1.165, 1.54) is 24.0 Å². The molecule has 0 bridgehead atoms. The van der Waals surface area contributed by atoms with Gasteiger partial charge in [0.1, 0.15) is 6.04 Å². The molecule has 2 amide bonds. The second kappa shape index (κ2) is 14.0. The van der Waals surface area contributed by atoms with Gasteiger partial charge in [-0.3, -0.25) is 14.5 Å². The number of benzene rings is 2. The average molecular weight is 560 g/mol. The molecule has 3 aliphatic heterocycles.